The summed E-state index contributed by atoms with van der Waals surface area (Å²) < 4.78 is 11.1. The Morgan fingerprint density at radius 3 is 1.53 bits per heavy atom. The molecule has 0 aliphatic carbocycles. The van der Waals surface area contributed by atoms with Crippen molar-refractivity contribution in [3.05, 3.63) is 84.4 Å². The molecule has 0 bridgehead atoms. The van der Waals surface area contributed by atoms with E-state index < -0.39 is 23.4 Å². The number of phenolic OH excluding ortho intramolecular Hbond substituents is 4. The Morgan fingerprint density at radius 2 is 1.08 bits per heavy atom. The lowest BCUT2D eigenvalue weighted by molar-refractivity contribution is -0.135. The Balaban J connectivity index is 1.97. The molecule has 0 radical (unpaired) electrons. The molecule has 8 heteroatoms. The summed E-state index contributed by atoms with van der Waals surface area (Å²) in [7, 11) is 0. The topological polar surface area (TPSA) is 134 Å². The summed E-state index contributed by atoms with van der Waals surface area (Å²) in [4.78, 5) is 25.1. The van der Waals surface area contributed by atoms with Crippen LogP contribution in [0.1, 0.15) is 12.5 Å². The molecule has 36 heavy (non-hydrogen) atoms. The van der Waals surface area contributed by atoms with Crippen LogP contribution < -0.4 is 9.47 Å². The number of carbonyl (C=O) groups is 2. The summed E-state index contributed by atoms with van der Waals surface area (Å²) in [5, 5.41) is 41.5. The third-order valence-electron chi connectivity index (χ3n) is 5.32. The highest BCUT2D eigenvalue weighted by molar-refractivity contribution is 5.96. The summed E-state index contributed by atoms with van der Waals surface area (Å²) in [5.74, 6) is -3.44. The highest BCUT2D eigenvalue weighted by Crippen LogP contribution is 2.56. The summed E-state index contributed by atoms with van der Waals surface area (Å²) in [5.41, 5.74) is 0.980. The normalized spacial score (nSPS) is 10.6. The first-order valence-corrected chi connectivity index (χ1v) is 10.9. The Bertz CT molecular complexity index is 1410. The molecule has 0 spiro atoms. The Kier molecular flexibility index (Phi) is 6.78. The molecule has 4 rings (SSSR count). The molecule has 0 heterocycles. The molecule has 0 aliphatic heterocycles. The molecule has 8 nitrogen and oxygen atoms in total. The van der Waals surface area contributed by atoms with Gasteiger partial charge in [-0.15, -0.1) is 0 Å². The lowest BCUT2D eigenvalue weighted by atomic mass is 9.95. The highest BCUT2D eigenvalue weighted by Gasteiger charge is 2.30. The van der Waals surface area contributed by atoms with Gasteiger partial charge in [0, 0.05) is 6.92 Å². The van der Waals surface area contributed by atoms with Crippen LogP contribution in [0.5, 0.6) is 34.5 Å². The summed E-state index contributed by atoms with van der Waals surface area (Å²) >= 11 is 0. The molecule has 0 unspecified atom stereocenters. The predicted molar refractivity (Wildman–Crippen MR) is 131 cm³/mol. The minimum atomic E-state index is -0.767. The number of rotatable bonds is 6. The molecule has 0 aromatic heterocycles. The standard InChI is InChI=1S/C28H22O8/c1-16(29)35-27-23(18-7-11-20(30)12-8-18)25(33)26(34)24(19-9-13-21(31)14-10-19)28(27)36-22(32)15-17-5-3-2-4-6-17/h2-14,30-31,33-34H,15H2,1H3. The lowest BCUT2D eigenvalue weighted by Crippen LogP contribution is -2.14. The van der Waals surface area contributed by atoms with Crippen LogP contribution in [0.4, 0.5) is 0 Å². The first kappa shape index (κ1) is 24.2. The van der Waals surface area contributed by atoms with Crippen molar-refractivity contribution >= 4 is 11.9 Å². The van der Waals surface area contributed by atoms with Gasteiger partial charge >= 0.3 is 11.9 Å². The van der Waals surface area contributed by atoms with E-state index >= 15 is 0 Å². The van der Waals surface area contributed by atoms with Crippen LogP contribution in [-0.2, 0) is 16.0 Å². The van der Waals surface area contributed by atoms with Crippen LogP contribution in [0, 0.1) is 0 Å². The number of ether oxygens (including phenoxy) is 2. The minimum absolute atomic E-state index is 0.0493. The zero-order chi connectivity index (χ0) is 25.8. The number of phenols is 4. The first-order valence-electron chi connectivity index (χ1n) is 10.9. The van der Waals surface area contributed by atoms with Gasteiger partial charge in [0.25, 0.3) is 0 Å². The van der Waals surface area contributed by atoms with Gasteiger partial charge in [-0.1, -0.05) is 54.6 Å². The van der Waals surface area contributed by atoms with Gasteiger partial charge in [0.2, 0.25) is 0 Å². The zero-order valence-electron chi connectivity index (χ0n) is 19.1. The van der Waals surface area contributed by atoms with Gasteiger partial charge in [-0.2, -0.15) is 0 Å². The van der Waals surface area contributed by atoms with Crippen LogP contribution in [0.3, 0.4) is 0 Å². The van der Waals surface area contributed by atoms with E-state index in [1.165, 1.54) is 48.5 Å². The Hall–Kier alpha value is -4.98. The molecular weight excluding hydrogens is 464 g/mol. The number of carbonyl (C=O) groups excluding carboxylic acids is 2. The fourth-order valence-corrected chi connectivity index (χ4v) is 3.72. The quantitative estimate of drug-likeness (QED) is 0.172. The number of benzene rings is 4. The van der Waals surface area contributed by atoms with Crippen molar-refractivity contribution in [3.8, 4) is 56.8 Å². The van der Waals surface area contributed by atoms with E-state index in [4.69, 9.17) is 9.47 Å². The van der Waals surface area contributed by atoms with Crippen LogP contribution >= 0.6 is 0 Å². The average molecular weight is 486 g/mol. The van der Waals surface area contributed by atoms with Gasteiger partial charge in [-0.25, -0.2) is 0 Å². The molecular formula is C28H22O8. The lowest BCUT2D eigenvalue weighted by Gasteiger charge is -2.21. The van der Waals surface area contributed by atoms with Crippen molar-refractivity contribution in [1.82, 2.24) is 0 Å². The Labute approximate surface area is 206 Å². The SMILES string of the molecule is CC(=O)Oc1c(OC(=O)Cc2ccccc2)c(-c2ccc(O)cc2)c(O)c(O)c1-c1ccc(O)cc1. The molecule has 0 atom stereocenters. The first-order chi connectivity index (χ1) is 17.2. The number of hydrogen-bond acceptors (Lipinski definition) is 8. The largest absolute Gasteiger partial charge is 0.508 e. The number of esters is 2. The predicted octanol–water partition coefficient (Wildman–Crippen LogP) is 4.92. The van der Waals surface area contributed by atoms with Crippen LogP contribution in [0.25, 0.3) is 22.3 Å². The molecule has 4 aromatic rings. The molecule has 0 amide bonds. The van der Waals surface area contributed by atoms with Crippen molar-refractivity contribution in [3.63, 3.8) is 0 Å². The fraction of sp³-hybridized carbons (Fsp3) is 0.0714. The smallest absolute Gasteiger partial charge is 0.315 e. The second kappa shape index (κ2) is 10.1. The van der Waals surface area contributed by atoms with E-state index in [-0.39, 0.29) is 51.7 Å². The summed E-state index contributed by atoms with van der Waals surface area (Å²) in [6.45, 7) is 1.14. The second-order valence-electron chi connectivity index (χ2n) is 7.93. The third kappa shape index (κ3) is 5.07. The van der Waals surface area contributed by atoms with Gasteiger partial charge < -0.3 is 29.9 Å². The zero-order valence-corrected chi connectivity index (χ0v) is 19.1. The molecule has 0 saturated heterocycles. The van der Waals surface area contributed by atoms with Crippen LogP contribution in [-0.4, -0.2) is 32.4 Å². The van der Waals surface area contributed by atoms with E-state index in [2.05, 4.69) is 0 Å². The summed E-state index contributed by atoms with van der Waals surface area (Å²) in [6.07, 6.45) is -0.119. The van der Waals surface area contributed by atoms with Gasteiger partial charge in [0.1, 0.15) is 11.5 Å². The molecule has 0 saturated carbocycles. The van der Waals surface area contributed by atoms with E-state index in [0.29, 0.717) is 5.56 Å². The van der Waals surface area contributed by atoms with Gasteiger partial charge in [-0.05, 0) is 41.0 Å². The molecule has 4 aromatic carbocycles. The van der Waals surface area contributed by atoms with E-state index in [0.717, 1.165) is 6.92 Å². The van der Waals surface area contributed by atoms with Crippen molar-refractivity contribution in [2.45, 2.75) is 13.3 Å². The van der Waals surface area contributed by atoms with E-state index in [1.54, 1.807) is 30.3 Å². The third-order valence-corrected chi connectivity index (χ3v) is 5.32. The van der Waals surface area contributed by atoms with E-state index in [1.807, 2.05) is 0 Å². The number of aromatic hydroxyl groups is 4. The highest BCUT2D eigenvalue weighted by atomic mass is 16.6. The molecule has 4 N–H and O–H groups in total. The maximum Gasteiger partial charge on any atom is 0.315 e. The van der Waals surface area contributed by atoms with Crippen molar-refractivity contribution in [2.75, 3.05) is 0 Å². The maximum absolute atomic E-state index is 13.0. The van der Waals surface area contributed by atoms with E-state index in [9.17, 15) is 30.0 Å². The molecule has 0 aliphatic rings. The van der Waals surface area contributed by atoms with Crippen LogP contribution in [0.2, 0.25) is 0 Å². The minimum Gasteiger partial charge on any atom is -0.508 e. The summed E-state index contributed by atoms with van der Waals surface area (Å²) in [6, 6.07) is 20.0. The number of hydrogen-bond donors (Lipinski definition) is 4. The maximum atomic E-state index is 13.0. The van der Waals surface area contributed by atoms with Gasteiger partial charge in [0.15, 0.2) is 23.0 Å². The average Bonchev–Trinajstić information content (AvgIpc) is 2.85. The Morgan fingerprint density at radius 1 is 0.639 bits per heavy atom. The van der Waals surface area contributed by atoms with Crippen molar-refractivity contribution in [2.24, 2.45) is 0 Å². The second-order valence-corrected chi connectivity index (χ2v) is 7.93. The molecule has 0 fully saturated rings. The fourth-order valence-electron chi connectivity index (χ4n) is 3.72. The van der Waals surface area contributed by atoms with Crippen molar-refractivity contribution in [1.29, 1.82) is 0 Å². The van der Waals surface area contributed by atoms with Crippen LogP contribution in [0.15, 0.2) is 78.9 Å². The molecule has 182 valence electrons. The van der Waals surface area contributed by atoms with Gasteiger partial charge in [-0.3, -0.25) is 9.59 Å². The monoisotopic (exact) mass is 486 g/mol. The van der Waals surface area contributed by atoms with Crippen molar-refractivity contribution < 1.29 is 39.5 Å². The van der Waals surface area contributed by atoms with Gasteiger partial charge in [0.05, 0.1) is 17.5 Å².